The van der Waals surface area contributed by atoms with Gasteiger partial charge in [-0.1, -0.05) is 48.8 Å². The lowest BCUT2D eigenvalue weighted by Gasteiger charge is -2.42. The molecular formula is C46H56Br2Cl2N8O8S2. The van der Waals surface area contributed by atoms with E-state index in [2.05, 4.69) is 58.6 Å². The van der Waals surface area contributed by atoms with Crippen LogP contribution in [-0.4, -0.2) is 123 Å². The maximum Gasteiger partial charge on any atom is 0.410 e. The summed E-state index contributed by atoms with van der Waals surface area (Å²) in [5.41, 5.74) is 4.11. The molecule has 10 rings (SSSR count). The molecule has 2 amide bonds. The van der Waals surface area contributed by atoms with E-state index in [4.69, 9.17) is 52.1 Å². The van der Waals surface area contributed by atoms with Gasteiger partial charge in [0.15, 0.2) is 5.16 Å². The highest BCUT2D eigenvalue weighted by molar-refractivity contribution is 9.11. The first-order valence-corrected chi connectivity index (χ1v) is 28.0. The van der Waals surface area contributed by atoms with E-state index in [-0.39, 0.29) is 47.3 Å². The number of carbonyl (C=O) groups is 2. The van der Waals surface area contributed by atoms with Crippen molar-refractivity contribution in [1.29, 1.82) is 0 Å². The summed E-state index contributed by atoms with van der Waals surface area (Å²) in [5.74, 6) is 2.22. The van der Waals surface area contributed by atoms with Crippen LogP contribution >= 0.6 is 66.8 Å². The Morgan fingerprint density at radius 1 is 0.662 bits per heavy atom. The first-order chi connectivity index (χ1) is 32.1. The average molecular weight is 1140 g/mol. The minimum absolute atomic E-state index is 0.0306. The van der Waals surface area contributed by atoms with Crippen LogP contribution in [0.4, 0.5) is 21.2 Å². The third kappa shape index (κ3) is 9.35. The van der Waals surface area contributed by atoms with Crippen molar-refractivity contribution < 1.29 is 37.0 Å². The van der Waals surface area contributed by atoms with Crippen LogP contribution in [0, 0.1) is 0 Å². The molecule has 68 heavy (non-hydrogen) atoms. The Morgan fingerprint density at radius 2 is 1.06 bits per heavy atom. The number of rotatable bonds is 6. The molecular weight excluding hydrogens is 1090 g/mol. The zero-order valence-corrected chi connectivity index (χ0v) is 45.7. The second-order valence-electron chi connectivity index (χ2n) is 20.0. The third-order valence-corrected chi connectivity index (χ3v) is 18.2. The van der Waals surface area contributed by atoms with E-state index in [0.717, 1.165) is 85.4 Å². The molecule has 0 N–H and O–H groups in total. The predicted octanol–water partition coefficient (Wildman–Crippen LogP) is 10.2. The van der Waals surface area contributed by atoms with Gasteiger partial charge >= 0.3 is 12.2 Å². The Morgan fingerprint density at radius 3 is 1.46 bits per heavy atom. The highest BCUT2D eigenvalue weighted by atomic mass is 79.9. The van der Waals surface area contributed by atoms with Crippen LogP contribution in [0.5, 0.6) is 0 Å². The minimum Gasteiger partial charge on any atom is -0.444 e. The van der Waals surface area contributed by atoms with E-state index in [0.29, 0.717) is 78.5 Å². The van der Waals surface area contributed by atoms with Crippen molar-refractivity contribution in [3.8, 4) is 0 Å². The summed E-state index contributed by atoms with van der Waals surface area (Å²) in [5, 5.41) is 3.16. The maximum absolute atomic E-state index is 12.9. The molecule has 16 nitrogen and oxygen atoms in total. The molecule has 8 heterocycles. The molecule has 6 aliphatic rings. The summed E-state index contributed by atoms with van der Waals surface area (Å²) >= 11 is 22.4. The van der Waals surface area contributed by atoms with Crippen LogP contribution in [0.1, 0.15) is 103 Å². The van der Waals surface area contributed by atoms with Gasteiger partial charge in [0.1, 0.15) is 22.8 Å². The standard InChI is InChI=1S/C23H28BrClN4O5S.C23H28BrClN4O3S/c1-5-35(31,32)21-26-19-16(14-10-33-11-15(14)17(24)18(19)25)20(27-21)29-12-6-7-13(29)9-28(8-12)22(30)34-23(2,3)4;1-5-33-21-26-19-16(14-10-31-11-15(14)17(24)18(19)25)20(27-21)29-12-6-7-13(29)9-28(8-12)22(30)32-23(2,3)4/h12-13H,5-11H2,1-4H3;12-13H,5-11H2,1-4H3. The fraction of sp³-hybridized carbons (Fsp3) is 0.609. The number of halogens is 4. The van der Waals surface area contributed by atoms with Crippen LogP contribution in [0.3, 0.4) is 0 Å². The van der Waals surface area contributed by atoms with Gasteiger partial charge < -0.3 is 38.5 Å². The quantitative estimate of drug-likeness (QED) is 0.132. The topological polar surface area (TPSA) is 170 Å². The zero-order valence-electron chi connectivity index (χ0n) is 39.4. The van der Waals surface area contributed by atoms with E-state index < -0.39 is 21.0 Å². The number of hydrogen-bond acceptors (Lipinski definition) is 15. The van der Waals surface area contributed by atoms with Crippen LogP contribution in [0.15, 0.2) is 19.3 Å². The molecule has 0 radical (unpaired) electrons. The SMILES string of the molecule is CCS(=O)(=O)c1nc(N2C3CCC2CN(C(=O)OC(C)(C)C)C3)c2c3c(c(Br)c(Cl)c2n1)COC3.CCSc1nc(N2C3CCC2CN(C(=O)OC(C)(C)C)C3)c2c3c(c(Br)c(Cl)c2n1)COC3. The highest BCUT2D eigenvalue weighted by Crippen LogP contribution is 2.48. The number of aromatic nitrogens is 4. The summed E-state index contributed by atoms with van der Waals surface area (Å²) < 4.78 is 50.1. The monoisotopic (exact) mass is 1140 g/mol. The molecule has 4 aromatic rings. The molecule has 2 aromatic carbocycles. The molecule has 0 saturated carbocycles. The highest BCUT2D eigenvalue weighted by Gasteiger charge is 2.46. The van der Waals surface area contributed by atoms with Crippen molar-refractivity contribution in [2.45, 2.75) is 153 Å². The largest absolute Gasteiger partial charge is 0.444 e. The number of fused-ring (bicyclic) bond motifs is 10. The van der Waals surface area contributed by atoms with Crippen LogP contribution in [0.2, 0.25) is 10.0 Å². The average Bonchev–Trinajstić information content (AvgIpc) is 4.07. The lowest BCUT2D eigenvalue weighted by Crippen LogP contribution is -2.56. The molecule has 4 saturated heterocycles. The van der Waals surface area contributed by atoms with Gasteiger partial charge in [0, 0.05) is 59.3 Å². The van der Waals surface area contributed by atoms with Crippen molar-refractivity contribution in [3.63, 3.8) is 0 Å². The van der Waals surface area contributed by atoms with Gasteiger partial charge in [-0.25, -0.2) is 37.9 Å². The number of sulfone groups is 1. The third-order valence-electron chi connectivity index (χ3n) is 13.1. The lowest BCUT2D eigenvalue weighted by atomic mass is 10.0. The Kier molecular flexibility index (Phi) is 13.9. The number of hydrogen-bond donors (Lipinski definition) is 0. The van der Waals surface area contributed by atoms with E-state index in [9.17, 15) is 18.0 Å². The lowest BCUT2D eigenvalue weighted by molar-refractivity contribution is 0.0199. The second-order valence-corrected chi connectivity index (χ2v) is 25.7. The van der Waals surface area contributed by atoms with Crippen molar-refractivity contribution in [2.75, 3.05) is 47.5 Å². The van der Waals surface area contributed by atoms with Gasteiger partial charge in [-0.05, 0) is 127 Å². The van der Waals surface area contributed by atoms with Gasteiger partial charge in [0.05, 0.1) is 64.0 Å². The van der Waals surface area contributed by atoms with Crippen molar-refractivity contribution in [3.05, 3.63) is 41.2 Å². The number of nitrogens with zero attached hydrogens (tertiary/aromatic N) is 8. The molecule has 368 valence electrons. The molecule has 4 fully saturated rings. The van der Waals surface area contributed by atoms with Crippen LogP contribution in [-0.2, 0) is 55.2 Å². The number of anilines is 2. The van der Waals surface area contributed by atoms with E-state index in [1.807, 2.05) is 46.4 Å². The maximum atomic E-state index is 12.9. The zero-order chi connectivity index (χ0) is 48.8. The Hall–Kier alpha value is -2.98. The Labute approximate surface area is 428 Å². The van der Waals surface area contributed by atoms with Gasteiger partial charge in [0.2, 0.25) is 15.0 Å². The van der Waals surface area contributed by atoms with Crippen LogP contribution in [0.25, 0.3) is 21.8 Å². The van der Waals surface area contributed by atoms with Gasteiger partial charge in [-0.2, -0.15) is 0 Å². The first kappa shape index (κ1) is 50.0. The number of piperazine rings is 2. The van der Waals surface area contributed by atoms with Crippen molar-refractivity contribution in [2.24, 2.45) is 0 Å². The number of benzene rings is 2. The summed E-state index contributed by atoms with van der Waals surface area (Å²) in [6.07, 6.45) is 3.15. The smallest absolute Gasteiger partial charge is 0.410 e. The van der Waals surface area contributed by atoms with Crippen molar-refractivity contribution >= 4 is 122 Å². The molecule has 4 bridgehead atoms. The summed E-state index contributed by atoms with van der Waals surface area (Å²) in [4.78, 5) is 52.7. The number of ether oxygens (including phenoxy) is 4. The molecule has 4 unspecified atom stereocenters. The molecule has 0 aliphatic carbocycles. The van der Waals surface area contributed by atoms with Gasteiger partial charge in [0.25, 0.3) is 0 Å². The molecule has 4 atom stereocenters. The normalized spacial score (nSPS) is 22.2. The van der Waals surface area contributed by atoms with Gasteiger partial charge in [-0.15, -0.1) is 0 Å². The fourth-order valence-electron chi connectivity index (χ4n) is 10.2. The van der Waals surface area contributed by atoms with Crippen LogP contribution < -0.4 is 9.80 Å². The molecule has 0 spiro atoms. The number of amides is 2. The second kappa shape index (κ2) is 18.9. The summed E-state index contributed by atoms with van der Waals surface area (Å²) in [6, 6.07) is 0.289. The molecule has 2 aromatic heterocycles. The number of carbonyl (C=O) groups excluding carboxylic acids is 2. The summed E-state index contributed by atoms with van der Waals surface area (Å²) in [7, 11) is -3.69. The minimum atomic E-state index is -3.69. The number of thioether (sulfide) groups is 1. The van der Waals surface area contributed by atoms with E-state index in [1.165, 1.54) is 0 Å². The number of likely N-dealkylation sites (tertiary alicyclic amines) is 2. The Bertz CT molecular complexity index is 2800. The van der Waals surface area contributed by atoms with E-state index >= 15 is 0 Å². The van der Waals surface area contributed by atoms with Crippen molar-refractivity contribution in [1.82, 2.24) is 29.7 Å². The summed E-state index contributed by atoms with van der Waals surface area (Å²) in [6.45, 7) is 18.9. The fourth-order valence-corrected chi connectivity index (χ4v) is 13.0. The first-order valence-electron chi connectivity index (χ1n) is 23.0. The Balaban J connectivity index is 0.000000170. The molecule has 6 aliphatic heterocycles. The van der Waals surface area contributed by atoms with Gasteiger partial charge in [-0.3, -0.25) is 0 Å². The molecule has 22 heteroatoms. The van der Waals surface area contributed by atoms with E-state index in [1.54, 1.807) is 23.6 Å². The predicted molar refractivity (Wildman–Crippen MR) is 270 cm³/mol.